The summed E-state index contributed by atoms with van der Waals surface area (Å²) in [5.41, 5.74) is 1.98. The zero-order valence-electron chi connectivity index (χ0n) is 17.8. The molecule has 3 aromatic rings. The summed E-state index contributed by atoms with van der Waals surface area (Å²) in [6.45, 7) is 0. The molecule has 0 spiro atoms. The molecule has 0 saturated carbocycles. The molecule has 5 rings (SSSR count). The van der Waals surface area contributed by atoms with E-state index in [-0.39, 0.29) is 17.8 Å². The Morgan fingerprint density at radius 1 is 1.16 bits per heavy atom. The molecule has 2 aromatic heterocycles. The number of hydrogen-bond acceptors (Lipinski definition) is 6. The molecule has 2 aliphatic heterocycles. The molecule has 1 aromatic carbocycles. The maximum atomic E-state index is 15.3. The molecule has 2 fully saturated rings. The smallest absolute Gasteiger partial charge is 0.151 e. The predicted molar refractivity (Wildman–Crippen MR) is 117 cm³/mol. The van der Waals surface area contributed by atoms with E-state index < -0.39 is 6.17 Å². The fourth-order valence-electron chi connectivity index (χ4n) is 5.08. The summed E-state index contributed by atoms with van der Waals surface area (Å²) in [6.07, 6.45) is 8.21. The van der Waals surface area contributed by atoms with Gasteiger partial charge in [0.25, 0.3) is 0 Å². The highest BCUT2D eigenvalue weighted by Gasteiger charge is 2.45. The summed E-state index contributed by atoms with van der Waals surface area (Å²) in [5, 5.41) is 19.2. The number of phenols is 1. The van der Waals surface area contributed by atoms with E-state index in [1.54, 1.807) is 18.6 Å². The first kappa shape index (κ1) is 19.9. The SMILES string of the molecule is CN1C2CCCC1[C@H](F)[C@H](N(C)c1ccc(-c3ccc(-n4ccnc4)cc3O)nn1)C2. The van der Waals surface area contributed by atoms with Crippen molar-refractivity contribution in [3.8, 4) is 22.7 Å². The average molecular weight is 423 g/mol. The average Bonchev–Trinajstić information content (AvgIpc) is 3.31. The molecule has 0 amide bonds. The van der Waals surface area contributed by atoms with Gasteiger partial charge in [0.05, 0.1) is 23.8 Å². The number of rotatable bonds is 4. The van der Waals surface area contributed by atoms with Crippen LogP contribution in [0.3, 0.4) is 0 Å². The van der Waals surface area contributed by atoms with Crippen molar-refractivity contribution in [1.29, 1.82) is 0 Å². The predicted octanol–water partition coefficient (Wildman–Crippen LogP) is 3.43. The Labute approximate surface area is 181 Å². The number of anilines is 1. The number of imidazole rings is 1. The number of benzene rings is 1. The third-order valence-electron chi connectivity index (χ3n) is 6.95. The quantitative estimate of drug-likeness (QED) is 0.695. The minimum Gasteiger partial charge on any atom is -0.507 e. The zero-order chi connectivity index (χ0) is 21.5. The molecule has 4 heterocycles. The van der Waals surface area contributed by atoms with Crippen molar-refractivity contribution in [2.45, 2.75) is 50.0 Å². The minimum absolute atomic E-state index is 0.0156. The number of halogens is 1. The van der Waals surface area contributed by atoms with Gasteiger partial charge in [-0.3, -0.25) is 4.90 Å². The van der Waals surface area contributed by atoms with Crippen LogP contribution in [-0.2, 0) is 0 Å². The Kier molecular flexibility index (Phi) is 5.09. The lowest BCUT2D eigenvalue weighted by Crippen LogP contribution is -2.62. The van der Waals surface area contributed by atoms with Crippen LogP contribution in [-0.4, -0.2) is 68.1 Å². The van der Waals surface area contributed by atoms with E-state index in [2.05, 4.69) is 27.1 Å². The summed E-state index contributed by atoms with van der Waals surface area (Å²) in [6, 6.07) is 9.27. The van der Waals surface area contributed by atoms with Gasteiger partial charge in [-0.15, -0.1) is 10.2 Å². The van der Waals surface area contributed by atoms with Crippen molar-refractivity contribution in [1.82, 2.24) is 24.6 Å². The first-order valence-electron chi connectivity index (χ1n) is 10.8. The summed E-state index contributed by atoms with van der Waals surface area (Å²) in [5.74, 6) is 0.766. The molecule has 0 radical (unpaired) electrons. The molecule has 7 nitrogen and oxygen atoms in total. The number of aromatic nitrogens is 4. The second-order valence-corrected chi connectivity index (χ2v) is 8.62. The third kappa shape index (κ3) is 3.54. The summed E-state index contributed by atoms with van der Waals surface area (Å²) >= 11 is 0. The third-order valence-corrected chi connectivity index (χ3v) is 6.95. The monoisotopic (exact) mass is 422 g/mol. The highest BCUT2D eigenvalue weighted by molar-refractivity contribution is 5.69. The second-order valence-electron chi connectivity index (χ2n) is 8.62. The number of alkyl halides is 1. The molecular formula is C23H27FN6O. The fourth-order valence-corrected chi connectivity index (χ4v) is 5.08. The molecule has 0 aliphatic carbocycles. The van der Waals surface area contributed by atoms with E-state index in [0.29, 0.717) is 23.1 Å². The van der Waals surface area contributed by atoms with Crippen LogP contribution < -0.4 is 4.90 Å². The van der Waals surface area contributed by atoms with E-state index >= 15 is 4.39 Å². The van der Waals surface area contributed by atoms with Gasteiger partial charge < -0.3 is 14.6 Å². The van der Waals surface area contributed by atoms with E-state index in [1.165, 1.54) is 0 Å². The van der Waals surface area contributed by atoms with Crippen LogP contribution >= 0.6 is 0 Å². The Balaban J connectivity index is 1.35. The lowest BCUT2D eigenvalue weighted by molar-refractivity contribution is -0.00672. The molecular weight excluding hydrogens is 395 g/mol. The van der Waals surface area contributed by atoms with Gasteiger partial charge in [0.1, 0.15) is 11.9 Å². The van der Waals surface area contributed by atoms with Crippen LogP contribution in [0.25, 0.3) is 16.9 Å². The summed E-state index contributed by atoms with van der Waals surface area (Å²) in [7, 11) is 3.95. The van der Waals surface area contributed by atoms with Gasteiger partial charge in [-0.2, -0.15) is 0 Å². The van der Waals surface area contributed by atoms with Crippen LogP contribution in [0.15, 0.2) is 49.1 Å². The molecule has 31 heavy (non-hydrogen) atoms. The van der Waals surface area contributed by atoms with Gasteiger partial charge in [0.15, 0.2) is 5.82 Å². The molecule has 2 aliphatic rings. The van der Waals surface area contributed by atoms with Crippen LogP contribution in [0.2, 0.25) is 0 Å². The summed E-state index contributed by atoms with van der Waals surface area (Å²) < 4.78 is 17.1. The molecule has 4 atom stereocenters. The standard InChI is InChI=1S/C23H27FN6O/c1-28-15-4-3-5-19(28)23(24)20(12-15)29(2)22-9-8-18(26-27-22)17-7-6-16(13-21(17)31)30-11-10-25-14-30/h6-11,13-15,19-20,23,31H,3-5,12H2,1-2H3/t15?,19?,20-,23+/m1/s1. The Morgan fingerprint density at radius 2 is 2.03 bits per heavy atom. The fraction of sp³-hybridized carbons (Fsp3) is 0.435. The van der Waals surface area contributed by atoms with Gasteiger partial charge in [-0.1, -0.05) is 6.42 Å². The van der Waals surface area contributed by atoms with Crippen molar-refractivity contribution < 1.29 is 9.50 Å². The van der Waals surface area contributed by atoms with Gasteiger partial charge in [0.2, 0.25) is 0 Å². The second kappa shape index (κ2) is 7.92. The molecule has 2 unspecified atom stereocenters. The van der Waals surface area contributed by atoms with Crippen LogP contribution in [0.4, 0.5) is 10.2 Å². The van der Waals surface area contributed by atoms with Crippen molar-refractivity contribution in [2.75, 3.05) is 19.0 Å². The van der Waals surface area contributed by atoms with Gasteiger partial charge in [-0.05, 0) is 50.6 Å². The highest BCUT2D eigenvalue weighted by Crippen LogP contribution is 2.37. The van der Waals surface area contributed by atoms with Gasteiger partial charge >= 0.3 is 0 Å². The van der Waals surface area contributed by atoms with Gasteiger partial charge in [-0.25, -0.2) is 9.37 Å². The maximum absolute atomic E-state index is 15.3. The Hall–Kier alpha value is -3.00. The molecule has 8 heteroatoms. The molecule has 2 saturated heterocycles. The number of hydrogen-bond donors (Lipinski definition) is 1. The Morgan fingerprint density at radius 3 is 2.74 bits per heavy atom. The van der Waals surface area contributed by atoms with Crippen molar-refractivity contribution in [3.05, 3.63) is 49.1 Å². The van der Waals surface area contributed by atoms with Crippen LogP contribution in [0.1, 0.15) is 25.7 Å². The number of phenolic OH excluding ortho intramolecular Hbond substituents is 1. The number of aromatic hydroxyl groups is 1. The van der Waals surface area contributed by atoms with Crippen LogP contribution in [0.5, 0.6) is 5.75 Å². The first-order valence-corrected chi connectivity index (χ1v) is 10.8. The van der Waals surface area contributed by atoms with E-state index in [1.807, 2.05) is 47.0 Å². The number of nitrogens with zero attached hydrogens (tertiary/aromatic N) is 6. The van der Waals surface area contributed by atoms with Gasteiger partial charge in [0, 0.05) is 43.2 Å². The Bertz CT molecular complexity index is 1040. The molecule has 162 valence electrons. The highest BCUT2D eigenvalue weighted by atomic mass is 19.1. The topological polar surface area (TPSA) is 70.3 Å². The zero-order valence-corrected chi connectivity index (χ0v) is 17.8. The molecule has 1 N–H and O–H groups in total. The van der Waals surface area contributed by atoms with E-state index in [0.717, 1.165) is 31.4 Å². The molecule has 2 bridgehead atoms. The largest absolute Gasteiger partial charge is 0.507 e. The summed E-state index contributed by atoms with van der Waals surface area (Å²) in [4.78, 5) is 8.18. The number of piperidine rings is 2. The van der Waals surface area contributed by atoms with Crippen molar-refractivity contribution in [3.63, 3.8) is 0 Å². The maximum Gasteiger partial charge on any atom is 0.151 e. The van der Waals surface area contributed by atoms with E-state index in [4.69, 9.17) is 0 Å². The number of fused-ring (bicyclic) bond motifs is 2. The van der Waals surface area contributed by atoms with E-state index in [9.17, 15) is 5.11 Å². The minimum atomic E-state index is -0.909. The normalized spacial score (nSPS) is 26.0. The first-order chi connectivity index (χ1) is 15.0. The lowest BCUT2D eigenvalue weighted by atomic mass is 9.80. The lowest BCUT2D eigenvalue weighted by Gasteiger charge is -2.51. The van der Waals surface area contributed by atoms with Crippen LogP contribution in [0, 0.1) is 0 Å². The van der Waals surface area contributed by atoms with Crippen molar-refractivity contribution in [2.24, 2.45) is 0 Å². The van der Waals surface area contributed by atoms with Crippen molar-refractivity contribution >= 4 is 5.82 Å².